The molecule has 8 heteroatoms. The van der Waals surface area contributed by atoms with Gasteiger partial charge in [0.05, 0.1) is 0 Å². The van der Waals surface area contributed by atoms with Crippen LogP contribution in [0.5, 0.6) is 0 Å². The summed E-state index contributed by atoms with van der Waals surface area (Å²) in [6, 6.07) is 0. The van der Waals surface area contributed by atoms with Crippen molar-refractivity contribution >= 4 is 0 Å². The summed E-state index contributed by atoms with van der Waals surface area (Å²) in [5, 5.41) is 0. The second-order valence-corrected chi connectivity index (χ2v) is 4.54. The molecule has 1 saturated carbocycles. The lowest BCUT2D eigenvalue weighted by Crippen LogP contribution is -2.57. The van der Waals surface area contributed by atoms with Crippen LogP contribution in [0.25, 0.3) is 0 Å². The molecule has 18 heavy (non-hydrogen) atoms. The quantitative estimate of drug-likeness (QED) is 0.618. The molecule has 1 rings (SSSR count). The molecule has 0 amide bonds. The molecular formula is C10H12F8. The van der Waals surface area contributed by atoms with Crippen LogP contribution in [-0.2, 0) is 0 Å². The van der Waals surface area contributed by atoms with Crippen LogP contribution in [0, 0.1) is 5.92 Å². The molecule has 0 radical (unpaired) electrons. The zero-order chi connectivity index (χ0) is 14.2. The summed E-state index contributed by atoms with van der Waals surface area (Å²) >= 11 is 0. The molecule has 0 atom stereocenters. The van der Waals surface area contributed by atoms with E-state index in [1.54, 1.807) is 0 Å². The fourth-order valence-corrected chi connectivity index (χ4v) is 1.70. The summed E-state index contributed by atoms with van der Waals surface area (Å²) in [6.07, 6.45) is -4.77. The maximum absolute atomic E-state index is 13.0. The first-order valence-electron chi connectivity index (χ1n) is 5.44. The predicted octanol–water partition coefficient (Wildman–Crippen LogP) is 4.74. The molecule has 0 N–H and O–H groups in total. The molecule has 0 saturated heterocycles. The Morgan fingerprint density at radius 1 is 0.944 bits per heavy atom. The Bertz CT molecular complexity index is 282. The van der Waals surface area contributed by atoms with Gasteiger partial charge in [-0.2, -0.15) is 26.3 Å². The highest BCUT2D eigenvalue weighted by Crippen LogP contribution is 2.51. The van der Waals surface area contributed by atoms with Gasteiger partial charge in [-0.25, -0.2) is 8.78 Å². The Hall–Kier alpha value is -0.560. The fourth-order valence-electron chi connectivity index (χ4n) is 1.70. The van der Waals surface area contributed by atoms with Crippen molar-refractivity contribution in [1.82, 2.24) is 0 Å². The van der Waals surface area contributed by atoms with E-state index in [9.17, 15) is 35.1 Å². The highest BCUT2D eigenvalue weighted by molar-refractivity contribution is 4.98. The monoisotopic (exact) mass is 284 g/mol. The third kappa shape index (κ3) is 2.56. The van der Waals surface area contributed by atoms with Crippen LogP contribution >= 0.6 is 0 Å². The van der Waals surface area contributed by atoms with Crippen molar-refractivity contribution in [2.45, 2.75) is 56.3 Å². The first-order valence-corrected chi connectivity index (χ1v) is 5.44. The zero-order valence-electron chi connectivity index (χ0n) is 9.21. The van der Waals surface area contributed by atoms with E-state index in [0.717, 1.165) is 6.42 Å². The lowest BCUT2D eigenvalue weighted by Gasteiger charge is -2.34. The van der Waals surface area contributed by atoms with E-state index in [-0.39, 0.29) is 12.3 Å². The van der Waals surface area contributed by atoms with Crippen molar-refractivity contribution in [3.8, 4) is 0 Å². The molecule has 0 aromatic heterocycles. The molecule has 108 valence electrons. The van der Waals surface area contributed by atoms with Crippen molar-refractivity contribution in [2.24, 2.45) is 5.92 Å². The summed E-state index contributed by atoms with van der Waals surface area (Å²) in [5.41, 5.74) is 0. The predicted molar refractivity (Wildman–Crippen MR) is 47.4 cm³/mol. The van der Waals surface area contributed by atoms with E-state index < -0.39 is 30.6 Å². The molecular weight excluding hydrogens is 272 g/mol. The van der Waals surface area contributed by atoms with Gasteiger partial charge in [0, 0.05) is 6.42 Å². The minimum atomic E-state index is -6.04. The van der Waals surface area contributed by atoms with E-state index in [1.165, 1.54) is 0 Å². The van der Waals surface area contributed by atoms with Crippen LogP contribution in [0.15, 0.2) is 0 Å². The topological polar surface area (TPSA) is 0 Å². The molecule has 1 fully saturated rings. The highest BCUT2D eigenvalue weighted by Gasteiger charge is 2.74. The van der Waals surface area contributed by atoms with Gasteiger partial charge in [0.15, 0.2) is 0 Å². The fraction of sp³-hybridized carbons (Fsp3) is 1.00. The third-order valence-corrected chi connectivity index (χ3v) is 3.24. The second-order valence-electron chi connectivity index (χ2n) is 4.54. The van der Waals surface area contributed by atoms with Gasteiger partial charge >= 0.3 is 24.2 Å². The minimum absolute atomic E-state index is 0.202. The zero-order valence-corrected chi connectivity index (χ0v) is 9.21. The second kappa shape index (κ2) is 4.85. The Balaban J connectivity index is 2.73. The summed E-state index contributed by atoms with van der Waals surface area (Å²) < 4.78 is 100. The van der Waals surface area contributed by atoms with Gasteiger partial charge in [-0.15, -0.1) is 0 Å². The molecule has 0 aliphatic heterocycles. The molecule has 0 spiro atoms. The number of rotatable bonds is 6. The van der Waals surface area contributed by atoms with Gasteiger partial charge < -0.3 is 0 Å². The SMILES string of the molecule is FC(F)C(F)(F)C(F)(F)C(F)(F)CCC1CCC1. The van der Waals surface area contributed by atoms with E-state index in [2.05, 4.69) is 0 Å². The normalized spacial score (nSPS) is 19.2. The van der Waals surface area contributed by atoms with Crippen molar-refractivity contribution in [1.29, 1.82) is 0 Å². The third-order valence-electron chi connectivity index (χ3n) is 3.24. The minimum Gasteiger partial charge on any atom is -0.203 e. The highest BCUT2D eigenvalue weighted by atomic mass is 19.4. The summed E-state index contributed by atoms with van der Waals surface area (Å²) in [4.78, 5) is 0. The van der Waals surface area contributed by atoms with Crippen molar-refractivity contribution in [2.75, 3.05) is 0 Å². The van der Waals surface area contributed by atoms with E-state index in [4.69, 9.17) is 0 Å². The van der Waals surface area contributed by atoms with E-state index in [0.29, 0.717) is 12.8 Å². The number of alkyl halides is 8. The maximum Gasteiger partial charge on any atom is 0.377 e. The lowest BCUT2D eigenvalue weighted by molar-refractivity contribution is -0.340. The first kappa shape index (κ1) is 15.5. The van der Waals surface area contributed by atoms with Crippen LogP contribution in [-0.4, -0.2) is 24.2 Å². The largest absolute Gasteiger partial charge is 0.377 e. The molecule has 1 aliphatic carbocycles. The first-order chi connectivity index (χ1) is 8.02. The number of hydrogen-bond donors (Lipinski definition) is 0. The standard InChI is InChI=1S/C10H12F8/c11-7(12)9(15,16)10(17,18)8(13,14)5-4-6-2-1-3-6/h6-7H,1-5H2. The Morgan fingerprint density at radius 2 is 1.44 bits per heavy atom. The molecule has 1 aliphatic rings. The molecule has 0 heterocycles. The number of hydrogen-bond acceptors (Lipinski definition) is 0. The van der Waals surface area contributed by atoms with E-state index in [1.807, 2.05) is 0 Å². The molecule has 0 unspecified atom stereocenters. The van der Waals surface area contributed by atoms with Gasteiger partial charge in [0.1, 0.15) is 0 Å². The van der Waals surface area contributed by atoms with Gasteiger partial charge in [0.2, 0.25) is 0 Å². The van der Waals surface area contributed by atoms with Crippen LogP contribution in [0.4, 0.5) is 35.1 Å². The molecule has 0 aromatic rings. The number of halogens is 8. The average molecular weight is 284 g/mol. The average Bonchev–Trinajstić information content (AvgIpc) is 2.13. The molecule has 0 aromatic carbocycles. The summed E-state index contributed by atoms with van der Waals surface area (Å²) in [6.45, 7) is 0. The van der Waals surface area contributed by atoms with Crippen LogP contribution in [0.2, 0.25) is 0 Å². The lowest BCUT2D eigenvalue weighted by atomic mass is 9.80. The molecule has 0 nitrogen and oxygen atoms in total. The van der Waals surface area contributed by atoms with Gasteiger partial charge in [0.25, 0.3) is 0 Å². The van der Waals surface area contributed by atoms with Crippen molar-refractivity contribution in [3.63, 3.8) is 0 Å². The Kier molecular flexibility index (Phi) is 4.17. The smallest absolute Gasteiger partial charge is 0.203 e. The Labute approximate surface area is 98.3 Å². The van der Waals surface area contributed by atoms with Crippen LogP contribution in [0.1, 0.15) is 32.1 Å². The van der Waals surface area contributed by atoms with Crippen LogP contribution in [0.3, 0.4) is 0 Å². The van der Waals surface area contributed by atoms with Crippen molar-refractivity contribution < 1.29 is 35.1 Å². The Morgan fingerprint density at radius 3 is 1.78 bits per heavy atom. The van der Waals surface area contributed by atoms with Crippen molar-refractivity contribution in [3.05, 3.63) is 0 Å². The van der Waals surface area contributed by atoms with Gasteiger partial charge in [-0.3, -0.25) is 0 Å². The molecule has 0 bridgehead atoms. The van der Waals surface area contributed by atoms with Gasteiger partial charge in [-0.1, -0.05) is 19.3 Å². The van der Waals surface area contributed by atoms with Crippen LogP contribution < -0.4 is 0 Å². The van der Waals surface area contributed by atoms with E-state index >= 15 is 0 Å². The van der Waals surface area contributed by atoms with Gasteiger partial charge in [-0.05, 0) is 12.3 Å². The maximum atomic E-state index is 13.0. The summed E-state index contributed by atoms with van der Waals surface area (Å²) in [5.74, 6) is -17.4. The summed E-state index contributed by atoms with van der Waals surface area (Å²) in [7, 11) is 0.